The number of carbonyl (C=O) groups is 1. The van der Waals surface area contributed by atoms with Crippen molar-refractivity contribution in [1.29, 1.82) is 0 Å². The van der Waals surface area contributed by atoms with E-state index in [0.29, 0.717) is 30.0 Å². The van der Waals surface area contributed by atoms with Gasteiger partial charge in [-0.05, 0) is 136 Å². The second-order valence-corrected chi connectivity index (χ2v) is 20.4. The number of halogens is 1. The van der Waals surface area contributed by atoms with Gasteiger partial charge in [0.25, 0.3) is 5.91 Å². The number of ether oxygens (including phenoxy) is 3. The predicted molar refractivity (Wildman–Crippen MR) is 223 cm³/mol. The fourth-order valence-corrected chi connectivity index (χ4v) is 12.3. The number of nitrogens with one attached hydrogen (secondary N) is 1. The van der Waals surface area contributed by atoms with Crippen molar-refractivity contribution >= 4 is 38.8 Å². The summed E-state index contributed by atoms with van der Waals surface area (Å²) in [6.45, 7) is 12.9. The lowest BCUT2D eigenvalue weighted by atomic mass is 9.63. The first-order valence-electron chi connectivity index (χ1n) is 20.7. The third-order valence-electron chi connectivity index (χ3n) is 14.3. The number of rotatable bonds is 4. The number of fused-ring (bicyclic) bond motifs is 4. The molecule has 2 saturated heterocycles. The van der Waals surface area contributed by atoms with Crippen LogP contribution < -0.4 is 14.4 Å². The van der Waals surface area contributed by atoms with Crippen LogP contribution in [-0.2, 0) is 31.0 Å². The first-order valence-corrected chi connectivity index (χ1v) is 22.9. The van der Waals surface area contributed by atoms with E-state index in [9.17, 15) is 9.00 Å². The second-order valence-electron chi connectivity index (χ2n) is 17.5. The smallest absolute Gasteiger partial charge is 0.262 e. The highest BCUT2D eigenvalue weighted by Crippen LogP contribution is 2.49. The molecule has 1 N–H and O–H groups in total. The Kier molecular flexibility index (Phi) is 11.4. The lowest BCUT2D eigenvalue weighted by molar-refractivity contribution is -0.0962. The molecule has 2 aromatic rings. The number of methoxy groups -OCH3 is 1. The van der Waals surface area contributed by atoms with Crippen molar-refractivity contribution in [3.05, 3.63) is 70.3 Å². The number of aryl methyl sites for hydroxylation is 1. The summed E-state index contributed by atoms with van der Waals surface area (Å²) in [7, 11) is -1.05. The standard InChI is InChI=1S/C44H61ClN4O5S/c1-31-7-5-18-44(52-3,29-47-19-15-37(16-20-47)48-21-23-53-24-22-48)39-12-9-35(39)27-49-28-43(17-6-8-33-25-36(45)11-13-38(33)43)30-54-41-14-10-34(26-40(41)49)42(50)46-55(4,51)32(31)2/h5,10-11,13-14,18,25-26,31-32,35,37,39H,4,6-9,12,15-17,19-24,27-30H2,1-3H3,(H,46,50,51)/b18-5+/t31-,32+,35-,39+,43-,44-,55?/m0/s1. The number of morpholine rings is 1. The number of nitrogens with zero attached hydrogens (tertiary/aromatic N) is 3. The van der Waals surface area contributed by atoms with Gasteiger partial charge in [-0.2, -0.15) is 0 Å². The number of amides is 1. The molecule has 0 aromatic heterocycles. The van der Waals surface area contributed by atoms with E-state index >= 15 is 0 Å². The normalized spacial score (nSPS) is 35.8. The summed E-state index contributed by atoms with van der Waals surface area (Å²) in [6.07, 6.45) is 13.0. The quantitative estimate of drug-likeness (QED) is 0.283. The summed E-state index contributed by atoms with van der Waals surface area (Å²) in [4.78, 5) is 21.6. The molecule has 6 aliphatic rings. The second kappa shape index (κ2) is 16.0. The number of anilines is 1. The fraction of sp³-hybridized carbons (Fsp3) is 0.636. The van der Waals surface area contributed by atoms with Gasteiger partial charge in [-0.15, -0.1) is 0 Å². The molecule has 2 aliphatic carbocycles. The molecule has 1 saturated carbocycles. The van der Waals surface area contributed by atoms with Gasteiger partial charge in [0.05, 0.1) is 35.2 Å². The lowest BCUT2D eigenvalue weighted by Gasteiger charge is -2.52. The van der Waals surface area contributed by atoms with Gasteiger partial charge in [0.2, 0.25) is 0 Å². The van der Waals surface area contributed by atoms with Gasteiger partial charge in [0.15, 0.2) is 0 Å². The van der Waals surface area contributed by atoms with Crippen LogP contribution in [0.5, 0.6) is 5.75 Å². The van der Waals surface area contributed by atoms with Gasteiger partial charge in [-0.25, -0.2) is 4.21 Å². The third-order valence-corrected chi connectivity index (χ3v) is 16.8. The van der Waals surface area contributed by atoms with Crippen molar-refractivity contribution in [2.45, 2.75) is 87.5 Å². The Morgan fingerprint density at radius 3 is 2.60 bits per heavy atom. The number of likely N-dealkylation sites (tertiary alicyclic amines) is 1. The van der Waals surface area contributed by atoms with Crippen LogP contribution in [0.3, 0.4) is 0 Å². The minimum absolute atomic E-state index is 0.0332. The monoisotopic (exact) mass is 792 g/mol. The van der Waals surface area contributed by atoms with Crippen LogP contribution in [0, 0.1) is 17.8 Å². The van der Waals surface area contributed by atoms with Crippen LogP contribution in [0.4, 0.5) is 5.69 Å². The van der Waals surface area contributed by atoms with Gasteiger partial charge in [-0.1, -0.05) is 36.7 Å². The van der Waals surface area contributed by atoms with Crippen molar-refractivity contribution in [3.8, 4) is 5.75 Å². The minimum atomic E-state index is -2.96. The van der Waals surface area contributed by atoms with E-state index in [-0.39, 0.29) is 22.5 Å². The SMILES string of the molecule is C=S1(=O)NC(=O)c2ccc3c(c2)N(C[C@@H]2CC[C@H]2[C@](CN2CCC(N4CCOCC4)CC2)(OC)/C=C/C[C@H](C)[C@H]1C)C[C@@]1(CCCc2cc(Cl)ccc21)CO3. The van der Waals surface area contributed by atoms with Gasteiger partial charge < -0.3 is 24.0 Å². The Labute approximate surface area is 334 Å². The third kappa shape index (κ3) is 7.85. The molecule has 3 fully saturated rings. The van der Waals surface area contributed by atoms with Gasteiger partial charge in [-0.3, -0.25) is 14.4 Å². The average molecular weight is 794 g/mol. The highest BCUT2D eigenvalue weighted by Gasteiger charge is 2.50. The summed E-state index contributed by atoms with van der Waals surface area (Å²) in [6, 6.07) is 12.7. The Morgan fingerprint density at radius 2 is 1.85 bits per heavy atom. The Bertz CT molecular complexity index is 1860. The Balaban J connectivity index is 1.15. The van der Waals surface area contributed by atoms with Crippen molar-refractivity contribution in [3.63, 3.8) is 0 Å². The molecule has 4 aliphatic heterocycles. The minimum Gasteiger partial charge on any atom is -0.490 e. The molecule has 8 rings (SSSR count). The van der Waals surface area contributed by atoms with Crippen LogP contribution >= 0.6 is 11.6 Å². The Morgan fingerprint density at radius 1 is 1.05 bits per heavy atom. The van der Waals surface area contributed by atoms with E-state index in [1.54, 1.807) is 6.07 Å². The lowest BCUT2D eigenvalue weighted by Crippen LogP contribution is -2.58. The van der Waals surface area contributed by atoms with Gasteiger partial charge in [0.1, 0.15) is 11.4 Å². The molecule has 0 radical (unpaired) electrons. The number of carbonyl (C=O) groups excluding carboxylic acids is 1. The molecule has 9 nitrogen and oxygen atoms in total. The first kappa shape index (κ1) is 39.2. The molecule has 1 spiro atoms. The molecule has 1 unspecified atom stereocenters. The van der Waals surface area contributed by atoms with Crippen LogP contribution in [0.25, 0.3) is 0 Å². The zero-order valence-electron chi connectivity index (χ0n) is 33.1. The van der Waals surface area contributed by atoms with Crippen molar-refractivity contribution < 1.29 is 23.2 Å². The number of piperidine rings is 1. The van der Waals surface area contributed by atoms with Crippen LogP contribution in [-0.4, -0.2) is 115 Å². The fourth-order valence-electron chi connectivity index (χ4n) is 10.6. The maximum atomic E-state index is 14.1. The van der Waals surface area contributed by atoms with E-state index in [4.69, 9.17) is 25.8 Å². The summed E-state index contributed by atoms with van der Waals surface area (Å²) >= 11 is 6.54. The molecular formula is C44H61ClN4O5S. The number of hydrogen-bond donors (Lipinski definition) is 1. The molecule has 300 valence electrons. The highest BCUT2D eigenvalue weighted by atomic mass is 35.5. The van der Waals surface area contributed by atoms with Crippen molar-refractivity contribution in [1.82, 2.24) is 14.5 Å². The van der Waals surface area contributed by atoms with E-state index in [2.05, 4.69) is 56.5 Å². The largest absolute Gasteiger partial charge is 0.490 e. The van der Waals surface area contributed by atoms with Crippen molar-refractivity contribution in [2.75, 3.05) is 77.6 Å². The molecule has 4 heterocycles. The predicted octanol–water partition coefficient (Wildman–Crippen LogP) is 6.37. The van der Waals surface area contributed by atoms with Crippen LogP contribution in [0.2, 0.25) is 5.02 Å². The van der Waals surface area contributed by atoms with E-state index < -0.39 is 15.3 Å². The summed E-state index contributed by atoms with van der Waals surface area (Å²) in [5, 5.41) is 0.439. The number of benzene rings is 2. The maximum Gasteiger partial charge on any atom is 0.262 e. The number of allylic oxidation sites excluding steroid dienone is 1. The highest BCUT2D eigenvalue weighted by molar-refractivity contribution is 7.99. The van der Waals surface area contributed by atoms with E-state index in [1.807, 2.05) is 32.2 Å². The van der Waals surface area contributed by atoms with E-state index in [0.717, 1.165) is 127 Å². The van der Waals surface area contributed by atoms with Crippen molar-refractivity contribution in [2.24, 2.45) is 17.8 Å². The molecule has 1 amide bonds. The zero-order valence-corrected chi connectivity index (χ0v) is 34.7. The Hall–Kier alpha value is -2.60. The molecule has 2 bridgehead atoms. The molecule has 55 heavy (non-hydrogen) atoms. The van der Waals surface area contributed by atoms with Gasteiger partial charge in [0, 0.05) is 67.1 Å². The molecule has 2 aromatic carbocycles. The maximum absolute atomic E-state index is 14.1. The summed E-state index contributed by atoms with van der Waals surface area (Å²) < 4.78 is 36.2. The number of hydrogen-bond acceptors (Lipinski definition) is 8. The van der Waals surface area contributed by atoms with Crippen LogP contribution in [0.15, 0.2) is 48.6 Å². The summed E-state index contributed by atoms with van der Waals surface area (Å²) in [5.41, 5.74) is 3.33. The molecule has 11 heteroatoms. The topological polar surface area (TPSA) is 83.6 Å². The van der Waals surface area contributed by atoms with Crippen LogP contribution in [0.1, 0.15) is 80.3 Å². The average Bonchev–Trinajstić information content (AvgIpc) is 3.32. The zero-order chi connectivity index (χ0) is 38.4. The van der Waals surface area contributed by atoms with Gasteiger partial charge >= 0.3 is 0 Å². The van der Waals surface area contributed by atoms with E-state index in [1.165, 1.54) is 11.1 Å². The molecular weight excluding hydrogens is 732 g/mol. The molecule has 7 atom stereocenters. The first-order chi connectivity index (χ1) is 26.5. The summed E-state index contributed by atoms with van der Waals surface area (Å²) in [5.74, 6) is 5.24.